The third-order valence-electron chi connectivity index (χ3n) is 7.02. The van der Waals surface area contributed by atoms with E-state index in [4.69, 9.17) is 14.2 Å². The van der Waals surface area contributed by atoms with Crippen molar-refractivity contribution in [1.82, 2.24) is 9.80 Å². The molecule has 1 fully saturated rings. The average Bonchev–Trinajstić information content (AvgIpc) is 2.91. The van der Waals surface area contributed by atoms with Crippen LogP contribution in [0.4, 0.5) is 4.39 Å². The van der Waals surface area contributed by atoms with Crippen LogP contribution < -0.4 is 9.47 Å². The van der Waals surface area contributed by atoms with Gasteiger partial charge in [-0.1, -0.05) is 37.6 Å². The monoisotopic (exact) mass is 512 g/mol. The van der Waals surface area contributed by atoms with Crippen molar-refractivity contribution in [3.8, 4) is 11.5 Å². The molecule has 2 amide bonds. The number of hydrogen-bond acceptors (Lipinski definition) is 5. The molecule has 0 radical (unpaired) electrons. The lowest BCUT2D eigenvalue weighted by molar-refractivity contribution is -0.177. The molecule has 2 heterocycles. The van der Waals surface area contributed by atoms with Gasteiger partial charge in [-0.15, -0.1) is 0 Å². The summed E-state index contributed by atoms with van der Waals surface area (Å²) in [4.78, 5) is 30.6. The molecule has 1 saturated heterocycles. The van der Waals surface area contributed by atoms with Crippen LogP contribution in [0.15, 0.2) is 48.5 Å². The minimum Gasteiger partial charge on any atom is -0.491 e. The van der Waals surface area contributed by atoms with Crippen molar-refractivity contribution < 1.29 is 28.2 Å². The number of hydrogen-bond donors (Lipinski definition) is 0. The summed E-state index contributed by atoms with van der Waals surface area (Å²) in [5.74, 6) is 0.423. The first-order valence-electron chi connectivity index (χ1n) is 13.3. The van der Waals surface area contributed by atoms with Gasteiger partial charge in [-0.3, -0.25) is 9.59 Å². The van der Waals surface area contributed by atoms with Crippen molar-refractivity contribution in [1.29, 1.82) is 0 Å². The smallest absolute Gasteiger partial charge is 0.260 e. The van der Waals surface area contributed by atoms with Gasteiger partial charge in [0.05, 0.1) is 19.7 Å². The lowest BCUT2D eigenvalue weighted by atomic mass is 9.90. The number of rotatable bonds is 6. The minimum atomic E-state index is -1.10. The van der Waals surface area contributed by atoms with Crippen molar-refractivity contribution in [2.24, 2.45) is 0 Å². The molecule has 0 aliphatic carbocycles. The molecular weight excluding hydrogens is 475 g/mol. The Morgan fingerprint density at radius 3 is 2.81 bits per heavy atom. The van der Waals surface area contributed by atoms with Crippen molar-refractivity contribution in [3.63, 3.8) is 0 Å². The Labute approximate surface area is 218 Å². The van der Waals surface area contributed by atoms with Crippen LogP contribution in [0.3, 0.4) is 0 Å². The van der Waals surface area contributed by atoms with Crippen LogP contribution in [0.5, 0.6) is 11.5 Å². The van der Waals surface area contributed by atoms with E-state index in [-0.39, 0.29) is 31.6 Å². The Morgan fingerprint density at radius 1 is 1.11 bits per heavy atom. The van der Waals surface area contributed by atoms with Crippen molar-refractivity contribution in [3.05, 3.63) is 59.9 Å². The van der Waals surface area contributed by atoms with Gasteiger partial charge >= 0.3 is 0 Å². The van der Waals surface area contributed by atoms with Gasteiger partial charge in [0, 0.05) is 19.2 Å². The third kappa shape index (κ3) is 7.01. The lowest BCUT2D eigenvalue weighted by Crippen LogP contribution is -2.62. The maximum absolute atomic E-state index is 14.0. The normalized spacial score (nSPS) is 21.0. The molecule has 2 aliphatic heterocycles. The molecule has 4 rings (SSSR count). The van der Waals surface area contributed by atoms with E-state index in [1.54, 1.807) is 11.0 Å². The highest BCUT2D eigenvalue weighted by Gasteiger charge is 2.46. The van der Waals surface area contributed by atoms with Crippen LogP contribution in [0.2, 0.25) is 0 Å². The summed E-state index contributed by atoms with van der Waals surface area (Å²) in [7, 11) is 0. The van der Waals surface area contributed by atoms with E-state index in [9.17, 15) is 14.0 Å². The molecule has 0 N–H and O–H groups in total. The highest BCUT2D eigenvalue weighted by atomic mass is 19.1. The van der Waals surface area contributed by atoms with Crippen LogP contribution in [-0.2, 0) is 20.7 Å². The highest BCUT2D eigenvalue weighted by Crippen LogP contribution is 2.30. The van der Waals surface area contributed by atoms with Gasteiger partial charge in [0.25, 0.3) is 11.8 Å². The molecule has 8 heteroatoms. The molecule has 1 unspecified atom stereocenters. The zero-order valence-corrected chi connectivity index (χ0v) is 21.6. The standard InChI is InChI=1S/C29H37FN2O5/c1-2-3-15-31-16-18-35-26-13-5-4-9-23(26)10-6-7-14-29(28(31)34)22-32(17-19-37-29)27(33)21-36-25-12-8-11-24(30)20-25/h4-5,8-9,11-13,20H,2-3,6-7,10,14-19,21-22H2,1H3. The van der Waals surface area contributed by atoms with Crippen LogP contribution >= 0.6 is 0 Å². The maximum Gasteiger partial charge on any atom is 0.260 e. The Kier molecular flexibility index (Phi) is 9.39. The van der Waals surface area contributed by atoms with E-state index in [0.29, 0.717) is 38.4 Å². The number of amides is 2. The minimum absolute atomic E-state index is 0.0815. The number of morpholine rings is 1. The molecule has 2 aliphatic rings. The van der Waals surface area contributed by atoms with Gasteiger partial charge in [-0.2, -0.15) is 0 Å². The predicted octanol–water partition coefficient (Wildman–Crippen LogP) is 4.24. The number of benzene rings is 2. The van der Waals surface area contributed by atoms with E-state index >= 15 is 0 Å². The van der Waals surface area contributed by atoms with E-state index in [2.05, 4.69) is 13.0 Å². The van der Waals surface area contributed by atoms with Crippen molar-refractivity contribution in [2.45, 2.75) is 51.0 Å². The summed E-state index contributed by atoms with van der Waals surface area (Å²) < 4.78 is 31.4. The Hall–Kier alpha value is -3.13. The van der Waals surface area contributed by atoms with Crippen LogP contribution in [0.25, 0.3) is 0 Å². The molecule has 2 aromatic rings. The van der Waals surface area contributed by atoms with Crippen LogP contribution in [0.1, 0.15) is 44.6 Å². The van der Waals surface area contributed by atoms with Gasteiger partial charge < -0.3 is 24.0 Å². The fourth-order valence-corrected chi connectivity index (χ4v) is 4.97. The van der Waals surface area contributed by atoms with Crippen LogP contribution in [-0.4, -0.2) is 73.2 Å². The summed E-state index contributed by atoms with van der Waals surface area (Å²) in [6.07, 6.45) is 4.88. The maximum atomic E-state index is 14.0. The molecular formula is C29H37FN2O5. The van der Waals surface area contributed by atoms with Gasteiger partial charge in [0.15, 0.2) is 12.2 Å². The Balaban J connectivity index is 1.50. The van der Waals surface area contributed by atoms with Gasteiger partial charge in [0.1, 0.15) is 23.9 Å². The largest absolute Gasteiger partial charge is 0.491 e. The third-order valence-corrected chi connectivity index (χ3v) is 7.02. The molecule has 1 atom stereocenters. The van der Waals surface area contributed by atoms with Crippen molar-refractivity contribution >= 4 is 11.8 Å². The van der Waals surface area contributed by atoms with Gasteiger partial charge in [-0.05, 0) is 55.9 Å². The first-order chi connectivity index (χ1) is 18.0. The molecule has 200 valence electrons. The molecule has 0 bridgehead atoms. The molecule has 7 nitrogen and oxygen atoms in total. The SMILES string of the molecule is CCCCN1CCOc2ccccc2CCCCC2(CN(C(=O)COc3cccc(F)c3)CCO2)C1=O. The fraction of sp³-hybridized carbons (Fsp3) is 0.517. The summed E-state index contributed by atoms with van der Waals surface area (Å²) in [6.45, 7) is 4.17. The number of nitrogens with zero attached hydrogens (tertiary/aromatic N) is 2. The number of carbonyl (C=O) groups is 2. The molecule has 0 aromatic heterocycles. The molecule has 2 aromatic carbocycles. The van der Waals surface area contributed by atoms with E-state index in [0.717, 1.165) is 37.9 Å². The summed E-state index contributed by atoms with van der Waals surface area (Å²) in [5.41, 5.74) is 0.0681. The molecule has 0 saturated carbocycles. The number of para-hydroxylation sites is 1. The van der Waals surface area contributed by atoms with Gasteiger partial charge in [-0.25, -0.2) is 4.39 Å². The number of carbonyl (C=O) groups excluding carboxylic acids is 2. The van der Waals surface area contributed by atoms with E-state index in [1.165, 1.54) is 23.8 Å². The van der Waals surface area contributed by atoms with Crippen LogP contribution in [0, 0.1) is 5.82 Å². The fourth-order valence-electron chi connectivity index (χ4n) is 4.97. The zero-order valence-electron chi connectivity index (χ0n) is 21.6. The van der Waals surface area contributed by atoms with Crippen molar-refractivity contribution in [2.75, 3.05) is 46.0 Å². The highest BCUT2D eigenvalue weighted by molar-refractivity contribution is 5.87. The van der Waals surface area contributed by atoms with E-state index < -0.39 is 11.4 Å². The second kappa shape index (κ2) is 12.9. The lowest BCUT2D eigenvalue weighted by Gasteiger charge is -2.44. The van der Waals surface area contributed by atoms with Gasteiger partial charge in [0.2, 0.25) is 0 Å². The second-order valence-corrected chi connectivity index (χ2v) is 9.71. The number of fused-ring (bicyclic) bond motifs is 1. The average molecular weight is 513 g/mol. The summed E-state index contributed by atoms with van der Waals surface area (Å²) in [6, 6.07) is 13.8. The number of aryl methyl sites for hydroxylation is 1. The number of unbranched alkanes of at least 4 members (excludes halogenated alkanes) is 1. The Bertz CT molecular complexity index is 1060. The number of halogens is 1. The summed E-state index contributed by atoms with van der Waals surface area (Å²) in [5, 5.41) is 0. The zero-order chi connectivity index (χ0) is 26.1. The Morgan fingerprint density at radius 2 is 1.97 bits per heavy atom. The predicted molar refractivity (Wildman–Crippen MR) is 138 cm³/mol. The van der Waals surface area contributed by atoms with E-state index in [1.807, 2.05) is 23.1 Å². The first-order valence-corrected chi connectivity index (χ1v) is 13.3. The quantitative estimate of drug-likeness (QED) is 0.579. The molecule has 1 spiro atoms. The first kappa shape index (κ1) is 26.9. The molecule has 37 heavy (non-hydrogen) atoms. The second-order valence-electron chi connectivity index (χ2n) is 9.71. The summed E-state index contributed by atoms with van der Waals surface area (Å²) >= 11 is 0. The number of ether oxygens (including phenoxy) is 3. The topological polar surface area (TPSA) is 68.3 Å².